The lowest BCUT2D eigenvalue weighted by Gasteiger charge is -2.36. The molecule has 7 heteroatoms. The van der Waals surface area contributed by atoms with Crippen molar-refractivity contribution in [2.75, 3.05) is 39.3 Å². The van der Waals surface area contributed by atoms with E-state index in [-0.39, 0.29) is 5.91 Å². The number of rotatable bonds is 5. The molecule has 0 radical (unpaired) electrons. The maximum Gasteiger partial charge on any atom is 0.289 e. The average molecular weight is 408 g/mol. The summed E-state index contributed by atoms with van der Waals surface area (Å²) in [6.45, 7) is 8.56. The SMILES string of the molecule is CCNC(=NCCc1c[nH]c2c(C)cccc12)N1CCN(C(=O)c2ccco2)CC1. The number of hydrogen-bond acceptors (Lipinski definition) is 3. The highest BCUT2D eigenvalue weighted by atomic mass is 16.3. The molecule has 3 aromatic rings. The lowest BCUT2D eigenvalue weighted by atomic mass is 10.1. The molecule has 7 nitrogen and oxygen atoms in total. The summed E-state index contributed by atoms with van der Waals surface area (Å²) >= 11 is 0. The molecular formula is C23H29N5O2. The standard InChI is InChI=1S/C23H29N5O2/c1-3-24-23(25-10-9-18-16-26-21-17(2)6-4-7-19(18)21)28-13-11-27(12-14-28)22(29)20-8-5-15-30-20/h4-8,15-16,26H,3,9-14H2,1-2H3,(H,24,25). The summed E-state index contributed by atoms with van der Waals surface area (Å²) in [5.74, 6) is 1.27. The van der Waals surface area contributed by atoms with Crippen molar-refractivity contribution < 1.29 is 9.21 Å². The Morgan fingerprint density at radius 2 is 1.97 bits per heavy atom. The number of piperazine rings is 1. The van der Waals surface area contributed by atoms with E-state index in [1.54, 1.807) is 12.1 Å². The van der Waals surface area contributed by atoms with E-state index in [0.29, 0.717) is 18.8 Å². The number of aryl methyl sites for hydroxylation is 1. The van der Waals surface area contributed by atoms with Crippen LogP contribution >= 0.6 is 0 Å². The van der Waals surface area contributed by atoms with Crippen LogP contribution in [0.1, 0.15) is 28.6 Å². The molecule has 2 aromatic heterocycles. The second kappa shape index (κ2) is 9.07. The molecule has 1 amide bonds. The number of carbonyl (C=O) groups is 1. The zero-order chi connectivity index (χ0) is 20.9. The summed E-state index contributed by atoms with van der Waals surface area (Å²) in [6.07, 6.45) is 4.52. The van der Waals surface area contributed by atoms with Crippen LogP contribution in [-0.4, -0.2) is 65.9 Å². The van der Waals surface area contributed by atoms with Crippen LogP contribution in [0.25, 0.3) is 10.9 Å². The van der Waals surface area contributed by atoms with Crippen LogP contribution in [0.5, 0.6) is 0 Å². The summed E-state index contributed by atoms with van der Waals surface area (Å²) in [4.78, 5) is 24.8. The fourth-order valence-corrected chi connectivity index (χ4v) is 3.96. The van der Waals surface area contributed by atoms with Crippen molar-refractivity contribution in [2.24, 2.45) is 4.99 Å². The number of furan rings is 1. The van der Waals surface area contributed by atoms with Gasteiger partial charge in [0.1, 0.15) is 0 Å². The number of aromatic nitrogens is 1. The number of aromatic amines is 1. The van der Waals surface area contributed by atoms with Crippen LogP contribution in [-0.2, 0) is 6.42 Å². The Bertz CT molecular complexity index is 1010. The smallest absolute Gasteiger partial charge is 0.289 e. The van der Waals surface area contributed by atoms with Crippen molar-refractivity contribution in [3.63, 3.8) is 0 Å². The number of carbonyl (C=O) groups excluding carboxylic acids is 1. The number of amides is 1. The molecule has 158 valence electrons. The molecule has 0 aliphatic carbocycles. The van der Waals surface area contributed by atoms with Crippen LogP contribution in [0.3, 0.4) is 0 Å². The van der Waals surface area contributed by atoms with E-state index in [0.717, 1.165) is 38.6 Å². The summed E-state index contributed by atoms with van der Waals surface area (Å²) in [7, 11) is 0. The van der Waals surface area contributed by atoms with Gasteiger partial charge in [-0.25, -0.2) is 0 Å². The van der Waals surface area contributed by atoms with Gasteiger partial charge in [-0.1, -0.05) is 18.2 Å². The number of aliphatic imine (C=N–C) groups is 1. The topological polar surface area (TPSA) is 76.9 Å². The minimum Gasteiger partial charge on any atom is -0.459 e. The third-order valence-corrected chi connectivity index (χ3v) is 5.59. The number of fused-ring (bicyclic) bond motifs is 1. The molecule has 2 N–H and O–H groups in total. The molecule has 1 fully saturated rings. The van der Waals surface area contributed by atoms with Crippen LogP contribution < -0.4 is 5.32 Å². The first-order valence-corrected chi connectivity index (χ1v) is 10.6. The number of H-pyrrole nitrogens is 1. The van der Waals surface area contributed by atoms with Crippen LogP contribution in [0, 0.1) is 6.92 Å². The van der Waals surface area contributed by atoms with Crippen molar-refractivity contribution >= 4 is 22.8 Å². The highest BCUT2D eigenvalue weighted by Gasteiger charge is 2.25. The first kappa shape index (κ1) is 20.1. The van der Waals surface area contributed by atoms with Crippen LogP contribution in [0.4, 0.5) is 0 Å². The summed E-state index contributed by atoms with van der Waals surface area (Å²) < 4.78 is 5.24. The van der Waals surface area contributed by atoms with Gasteiger partial charge in [-0.3, -0.25) is 9.79 Å². The molecule has 30 heavy (non-hydrogen) atoms. The monoisotopic (exact) mass is 407 g/mol. The second-order valence-electron chi connectivity index (χ2n) is 7.55. The molecule has 3 heterocycles. The van der Waals surface area contributed by atoms with Crippen molar-refractivity contribution in [3.8, 4) is 0 Å². The first-order chi connectivity index (χ1) is 14.7. The number of benzene rings is 1. The van der Waals surface area contributed by atoms with Gasteiger partial charge in [-0.15, -0.1) is 0 Å². The molecule has 0 bridgehead atoms. The largest absolute Gasteiger partial charge is 0.459 e. The van der Waals surface area contributed by atoms with Gasteiger partial charge in [0, 0.05) is 56.4 Å². The predicted molar refractivity (Wildman–Crippen MR) is 119 cm³/mol. The van der Waals surface area contributed by atoms with Crippen LogP contribution in [0.2, 0.25) is 0 Å². The average Bonchev–Trinajstić information content (AvgIpc) is 3.44. The van der Waals surface area contributed by atoms with Gasteiger partial charge in [0.25, 0.3) is 5.91 Å². The van der Waals surface area contributed by atoms with Gasteiger partial charge in [-0.2, -0.15) is 0 Å². The fourth-order valence-electron chi connectivity index (χ4n) is 3.96. The Morgan fingerprint density at radius 3 is 2.70 bits per heavy atom. The van der Waals surface area contributed by atoms with E-state index in [9.17, 15) is 4.79 Å². The number of hydrogen-bond donors (Lipinski definition) is 2. The molecule has 0 saturated carbocycles. The third kappa shape index (κ3) is 4.20. The van der Waals surface area contributed by atoms with E-state index >= 15 is 0 Å². The maximum atomic E-state index is 12.5. The Balaban J connectivity index is 1.37. The molecule has 0 atom stereocenters. The van der Waals surface area contributed by atoms with Crippen molar-refractivity contribution in [1.29, 1.82) is 0 Å². The lowest BCUT2D eigenvalue weighted by Crippen LogP contribution is -2.53. The van der Waals surface area contributed by atoms with E-state index < -0.39 is 0 Å². The highest BCUT2D eigenvalue weighted by Crippen LogP contribution is 2.21. The number of nitrogens with zero attached hydrogens (tertiary/aromatic N) is 3. The predicted octanol–water partition coefficient (Wildman–Crippen LogP) is 3.04. The van der Waals surface area contributed by atoms with Crippen molar-refractivity contribution in [1.82, 2.24) is 20.1 Å². The highest BCUT2D eigenvalue weighted by molar-refractivity contribution is 5.91. The maximum absolute atomic E-state index is 12.5. The number of para-hydroxylation sites is 1. The summed E-state index contributed by atoms with van der Waals surface area (Å²) in [5, 5.41) is 4.67. The Kier molecular flexibility index (Phi) is 6.07. The quantitative estimate of drug-likeness (QED) is 0.503. The summed E-state index contributed by atoms with van der Waals surface area (Å²) in [6, 6.07) is 9.85. The van der Waals surface area contributed by atoms with E-state index in [4.69, 9.17) is 9.41 Å². The van der Waals surface area contributed by atoms with Gasteiger partial charge in [0.15, 0.2) is 11.7 Å². The molecule has 1 aliphatic heterocycles. The Labute approximate surface area is 176 Å². The van der Waals surface area contributed by atoms with Crippen LogP contribution in [0.15, 0.2) is 52.2 Å². The number of guanidine groups is 1. The first-order valence-electron chi connectivity index (χ1n) is 10.6. The Hall–Kier alpha value is -3.22. The fraction of sp³-hybridized carbons (Fsp3) is 0.391. The van der Waals surface area contributed by atoms with Crippen molar-refractivity contribution in [3.05, 3.63) is 59.7 Å². The number of nitrogens with one attached hydrogen (secondary N) is 2. The van der Waals surface area contributed by atoms with Gasteiger partial charge < -0.3 is 24.5 Å². The molecule has 0 unspecified atom stereocenters. The molecule has 1 saturated heterocycles. The Morgan fingerprint density at radius 1 is 1.17 bits per heavy atom. The minimum absolute atomic E-state index is 0.0452. The normalized spacial score (nSPS) is 15.1. The van der Waals surface area contributed by atoms with E-state index in [2.05, 4.69) is 53.4 Å². The molecule has 1 aliphatic rings. The lowest BCUT2D eigenvalue weighted by molar-refractivity contribution is 0.0657. The summed E-state index contributed by atoms with van der Waals surface area (Å²) in [5.41, 5.74) is 3.76. The third-order valence-electron chi connectivity index (χ3n) is 5.59. The second-order valence-corrected chi connectivity index (χ2v) is 7.55. The molecular weight excluding hydrogens is 378 g/mol. The van der Waals surface area contributed by atoms with Gasteiger partial charge >= 0.3 is 0 Å². The molecule has 1 aromatic carbocycles. The molecule has 0 spiro atoms. The zero-order valence-corrected chi connectivity index (χ0v) is 17.6. The molecule has 4 rings (SSSR count). The van der Waals surface area contributed by atoms with E-state index in [1.807, 2.05) is 4.90 Å². The van der Waals surface area contributed by atoms with Gasteiger partial charge in [0.2, 0.25) is 0 Å². The minimum atomic E-state index is -0.0452. The van der Waals surface area contributed by atoms with Crippen molar-refractivity contribution in [2.45, 2.75) is 20.3 Å². The zero-order valence-electron chi connectivity index (χ0n) is 17.6. The van der Waals surface area contributed by atoms with E-state index in [1.165, 1.54) is 28.3 Å². The van der Waals surface area contributed by atoms with Gasteiger partial charge in [-0.05, 0) is 43.5 Å². The van der Waals surface area contributed by atoms with Gasteiger partial charge in [0.05, 0.1) is 6.26 Å².